The average Bonchev–Trinajstić information content (AvgIpc) is 2.59. The highest BCUT2D eigenvalue weighted by Gasteiger charge is 2.18. The first-order chi connectivity index (χ1) is 5.95. The van der Waals surface area contributed by atoms with Crippen LogP contribution >= 0.6 is 11.8 Å². The topological polar surface area (TPSA) is 12.0 Å². The summed E-state index contributed by atoms with van der Waals surface area (Å²) < 4.78 is 0. The normalized spacial score (nSPS) is 26.7. The second kappa shape index (κ2) is 4.33. The van der Waals surface area contributed by atoms with E-state index in [1.165, 1.54) is 37.2 Å². The van der Waals surface area contributed by atoms with Gasteiger partial charge in [0, 0.05) is 12.1 Å². The molecule has 1 N–H and O–H groups in total. The fourth-order valence-electron chi connectivity index (χ4n) is 1.95. The third-order valence-corrected chi connectivity index (χ3v) is 3.75. The minimum absolute atomic E-state index is 0.762. The first-order valence-corrected chi connectivity index (χ1v) is 6.09. The maximum absolute atomic E-state index is 3.74. The van der Waals surface area contributed by atoms with E-state index < -0.39 is 0 Å². The van der Waals surface area contributed by atoms with Crippen molar-refractivity contribution in [1.29, 1.82) is 0 Å². The molecule has 0 radical (unpaired) electrons. The molecule has 1 heterocycles. The van der Waals surface area contributed by atoms with E-state index in [2.05, 4.69) is 29.2 Å². The second-order valence-electron chi connectivity index (χ2n) is 3.69. The third kappa shape index (κ3) is 2.27. The van der Waals surface area contributed by atoms with Crippen molar-refractivity contribution in [2.24, 2.45) is 0 Å². The minimum Gasteiger partial charge on any atom is -0.311 e. The molecule has 2 heteroatoms. The predicted molar refractivity (Wildman–Crippen MR) is 55.6 cm³/mol. The van der Waals surface area contributed by atoms with Gasteiger partial charge in [0.15, 0.2) is 0 Å². The SMILES string of the molecule is C1=CCC(NC2CCSCC2)C1. The van der Waals surface area contributed by atoms with Crippen LogP contribution in [0.15, 0.2) is 12.2 Å². The molecule has 2 aliphatic rings. The molecule has 1 aliphatic heterocycles. The van der Waals surface area contributed by atoms with Crippen LogP contribution in [0.1, 0.15) is 25.7 Å². The molecule has 1 aliphatic carbocycles. The molecule has 1 nitrogen and oxygen atoms in total. The Kier molecular flexibility index (Phi) is 3.12. The van der Waals surface area contributed by atoms with Gasteiger partial charge in [-0.2, -0.15) is 11.8 Å². The van der Waals surface area contributed by atoms with E-state index in [9.17, 15) is 0 Å². The van der Waals surface area contributed by atoms with E-state index in [1.807, 2.05) is 0 Å². The lowest BCUT2D eigenvalue weighted by Crippen LogP contribution is -2.39. The number of hydrogen-bond donors (Lipinski definition) is 1. The Labute approximate surface area is 79.0 Å². The van der Waals surface area contributed by atoms with Crippen molar-refractivity contribution in [3.63, 3.8) is 0 Å². The molecule has 2 rings (SSSR count). The van der Waals surface area contributed by atoms with Crippen LogP contribution in [0.4, 0.5) is 0 Å². The lowest BCUT2D eigenvalue weighted by molar-refractivity contribution is 0.417. The number of rotatable bonds is 2. The van der Waals surface area contributed by atoms with Gasteiger partial charge in [0.05, 0.1) is 0 Å². The molecular formula is C10H17NS. The Morgan fingerprint density at radius 1 is 1.00 bits per heavy atom. The van der Waals surface area contributed by atoms with E-state index in [0.29, 0.717) is 0 Å². The van der Waals surface area contributed by atoms with Crippen LogP contribution in [-0.4, -0.2) is 23.6 Å². The summed E-state index contributed by atoms with van der Waals surface area (Å²) in [6, 6.07) is 1.58. The number of hydrogen-bond acceptors (Lipinski definition) is 2. The Morgan fingerprint density at radius 3 is 2.33 bits per heavy atom. The van der Waals surface area contributed by atoms with Crippen molar-refractivity contribution in [2.45, 2.75) is 37.8 Å². The van der Waals surface area contributed by atoms with Gasteiger partial charge in [-0.15, -0.1) is 0 Å². The predicted octanol–water partition coefficient (Wildman–Crippen LogP) is 2.19. The Balaban J connectivity index is 1.70. The van der Waals surface area contributed by atoms with Crippen molar-refractivity contribution in [3.8, 4) is 0 Å². The van der Waals surface area contributed by atoms with Crippen LogP contribution in [0.2, 0.25) is 0 Å². The fraction of sp³-hybridized carbons (Fsp3) is 0.800. The third-order valence-electron chi connectivity index (χ3n) is 2.70. The summed E-state index contributed by atoms with van der Waals surface area (Å²) in [5, 5.41) is 3.74. The standard InChI is InChI=1S/C10H17NS/c1-2-4-9(3-1)11-10-5-7-12-8-6-10/h1-2,9-11H,3-8H2. The first-order valence-electron chi connectivity index (χ1n) is 4.94. The van der Waals surface area contributed by atoms with E-state index >= 15 is 0 Å². The molecule has 0 atom stereocenters. The van der Waals surface area contributed by atoms with Crippen molar-refractivity contribution in [1.82, 2.24) is 5.32 Å². The highest BCUT2D eigenvalue weighted by molar-refractivity contribution is 7.99. The van der Waals surface area contributed by atoms with Gasteiger partial charge in [-0.25, -0.2) is 0 Å². The van der Waals surface area contributed by atoms with Crippen LogP contribution in [0.25, 0.3) is 0 Å². The molecule has 0 aromatic heterocycles. The van der Waals surface area contributed by atoms with Crippen LogP contribution < -0.4 is 5.32 Å². The van der Waals surface area contributed by atoms with E-state index in [4.69, 9.17) is 0 Å². The molecule has 68 valence electrons. The lowest BCUT2D eigenvalue weighted by Gasteiger charge is -2.26. The zero-order valence-corrected chi connectivity index (χ0v) is 8.28. The molecule has 0 saturated carbocycles. The highest BCUT2D eigenvalue weighted by Crippen LogP contribution is 2.19. The largest absolute Gasteiger partial charge is 0.311 e. The van der Waals surface area contributed by atoms with Gasteiger partial charge in [0.1, 0.15) is 0 Å². The summed E-state index contributed by atoms with van der Waals surface area (Å²) in [4.78, 5) is 0. The molecule has 0 bridgehead atoms. The lowest BCUT2D eigenvalue weighted by atomic mass is 10.1. The van der Waals surface area contributed by atoms with E-state index in [1.54, 1.807) is 0 Å². The van der Waals surface area contributed by atoms with Crippen LogP contribution in [0.5, 0.6) is 0 Å². The summed E-state index contributed by atoms with van der Waals surface area (Å²) in [5.74, 6) is 2.72. The van der Waals surface area contributed by atoms with Crippen LogP contribution in [0.3, 0.4) is 0 Å². The van der Waals surface area contributed by atoms with Gasteiger partial charge in [0.2, 0.25) is 0 Å². The van der Waals surface area contributed by atoms with Gasteiger partial charge >= 0.3 is 0 Å². The Hall–Kier alpha value is 0.0500. The molecule has 0 aromatic rings. The van der Waals surface area contributed by atoms with Gasteiger partial charge in [0.25, 0.3) is 0 Å². The minimum atomic E-state index is 0.762. The molecule has 1 saturated heterocycles. The summed E-state index contributed by atoms with van der Waals surface area (Å²) >= 11 is 2.10. The zero-order valence-electron chi connectivity index (χ0n) is 7.46. The van der Waals surface area contributed by atoms with Crippen molar-refractivity contribution in [3.05, 3.63) is 12.2 Å². The van der Waals surface area contributed by atoms with Gasteiger partial charge in [-0.05, 0) is 37.2 Å². The average molecular weight is 183 g/mol. The highest BCUT2D eigenvalue weighted by atomic mass is 32.2. The number of thioether (sulfide) groups is 1. The van der Waals surface area contributed by atoms with Crippen LogP contribution in [0, 0.1) is 0 Å². The summed E-state index contributed by atoms with van der Waals surface area (Å²) in [6.07, 6.45) is 9.86. The van der Waals surface area contributed by atoms with Crippen LogP contribution in [-0.2, 0) is 0 Å². The molecule has 1 fully saturated rings. The molecule has 0 aromatic carbocycles. The van der Waals surface area contributed by atoms with Crippen molar-refractivity contribution >= 4 is 11.8 Å². The smallest absolute Gasteiger partial charge is 0.0139 e. The maximum atomic E-state index is 3.74. The molecule has 0 spiro atoms. The number of nitrogens with one attached hydrogen (secondary N) is 1. The summed E-state index contributed by atoms with van der Waals surface area (Å²) in [6.45, 7) is 0. The van der Waals surface area contributed by atoms with Crippen molar-refractivity contribution < 1.29 is 0 Å². The summed E-state index contributed by atoms with van der Waals surface area (Å²) in [5.41, 5.74) is 0. The molecule has 0 unspecified atom stereocenters. The van der Waals surface area contributed by atoms with E-state index in [0.717, 1.165) is 12.1 Å². The Morgan fingerprint density at radius 2 is 1.67 bits per heavy atom. The fourth-order valence-corrected chi connectivity index (χ4v) is 3.06. The molecular weight excluding hydrogens is 166 g/mol. The molecule has 0 amide bonds. The second-order valence-corrected chi connectivity index (χ2v) is 4.92. The van der Waals surface area contributed by atoms with Gasteiger partial charge < -0.3 is 5.32 Å². The van der Waals surface area contributed by atoms with Gasteiger partial charge in [-0.3, -0.25) is 0 Å². The monoisotopic (exact) mass is 183 g/mol. The van der Waals surface area contributed by atoms with Gasteiger partial charge in [-0.1, -0.05) is 12.2 Å². The maximum Gasteiger partial charge on any atom is 0.0139 e. The van der Waals surface area contributed by atoms with E-state index in [-0.39, 0.29) is 0 Å². The quantitative estimate of drug-likeness (QED) is 0.659. The molecule has 12 heavy (non-hydrogen) atoms. The zero-order chi connectivity index (χ0) is 8.23. The van der Waals surface area contributed by atoms with Crippen molar-refractivity contribution in [2.75, 3.05) is 11.5 Å². The Bertz CT molecular complexity index is 153. The first kappa shape index (κ1) is 8.64. The summed E-state index contributed by atoms with van der Waals surface area (Å²) in [7, 11) is 0.